The molecule has 0 aromatic rings. The van der Waals surface area contributed by atoms with Crippen molar-refractivity contribution in [1.82, 2.24) is 0 Å². The summed E-state index contributed by atoms with van der Waals surface area (Å²) in [6.07, 6.45) is -2.14. The van der Waals surface area contributed by atoms with E-state index in [9.17, 15) is 19.2 Å². The number of hydrogen-bond donors (Lipinski definition) is 0. The molecule has 0 N–H and O–H groups in total. The summed E-state index contributed by atoms with van der Waals surface area (Å²) < 4.78 is 20.9. The first-order valence-corrected chi connectivity index (χ1v) is 10.9. The average molecular weight is 455 g/mol. The predicted octanol–water partition coefficient (Wildman–Crippen LogP) is 3.59. The van der Waals surface area contributed by atoms with E-state index in [1.54, 1.807) is 55.4 Å². The number of carbonyl (C=O) groups excluding carboxylic acids is 4. The Morgan fingerprint density at radius 1 is 0.531 bits per heavy atom. The first kappa shape index (κ1) is 29.4. The molecule has 0 fully saturated rings. The molecule has 8 nitrogen and oxygen atoms in total. The standard InChI is InChI=1S/C24H38O8/c1-15(2)29-19(25)23(9,20(26)30-16(3)4)13-11-12-14-24(10,21(27)31-17(5)6)22(28)32-18(7)8/h15-18H,13-14H2,1-10H3. The van der Waals surface area contributed by atoms with E-state index >= 15 is 0 Å². The molecule has 0 atom stereocenters. The number of esters is 4. The van der Waals surface area contributed by atoms with Crippen molar-refractivity contribution in [3.05, 3.63) is 0 Å². The Morgan fingerprint density at radius 3 is 0.875 bits per heavy atom. The van der Waals surface area contributed by atoms with Crippen molar-refractivity contribution >= 4 is 23.9 Å². The van der Waals surface area contributed by atoms with Crippen LogP contribution in [0.5, 0.6) is 0 Å². The second-order valence-corrected chi connectivity index (χ2v) is 9.19. The molecule has 0 saturated heterocycles. The molecule has 32 heavy (non-hydrogen) atoms. The van der Waals surface area contributed by atoms with Gasteiger partial charge < -0.3 is 18.9 Å². The Labute approximate surface area is 191 Å². The molecule has 0 aromatic heterocycles. The van der Waals surface area contributed by atoms with Crippen LogP contribution in [0.25, 0.3) is 0 Å². The van der Waals surface area contributed by atoms with Crippen LogP contribution < -0.4 is 0 Å². The highest BCUT2D eigenvalue weighted by molar-refractivity contribution is 6.01. The highest BCUT2D eigenvalue weighted by atomic mass is 16.6. The summed E-state index contributed by atoms with van der Waals surface area (Å²) in [5, 5.41) is 0. The molecular formula is C24H38O8. The molecule has 0 bridgehead atoms. The Morgan fingerprint density at radius 2 is 0.719 bits per heavy atom. The molecular weight excluding hydrogens is 416 g/mol. The zero-order valence-corrected chi connectivity index (χ0v) is 21.0. The summed E-state index contributed by atoms with van der Waals surface area (Å²) in [5.41, 5.74) is -3.32. The molecule has 0 aliphatic rings. The zero-order valence-electron chi connectivity index (χ0n) is 21.0. The lowest BCUT2D eigenvalue weighted by Gasteiger charge is -2.26. The minimum atomic E-state index is -1.66. The fourth-order valence-electron chi connectivity index (χ4n) is 2.31. The lowest BCUT2D eigenvalue weighted by molar-refractivity contribution is -0.177. The summed E-state index contributed by atoms with van der Waals surface area (Å²) in [7, 11) is 0. The largest absolute Gasteiger partial charge is 0.462 e. The third-order valence-corrected chi connectivity index (χ3v) is 4.18. The molecule has 0 aliphatic carbocycles. The summed E-state index contributed by atoms with van der Waals surface area (Å²) >= 11 is 0. The van der Waals surface area contributed by atoms with Crippen molar-refractivity contribution in [3.63, 3.8) is 0 Å². The first-order valence-electron chi connectivity index (χ1n) is 10.9. The van der Waals surface area contributed by atoms with Gasteiger partial charge in [-0.05, 0) is 69.2 Å². The molecule has 0 rings (SSSR count). The molecule has 8 heteroatoms. The van der Waals surface area contributed by atoms with Gasteiger partial charge in [0.1, 0.15) is 0 Å². The molecule has 0 radical (unpaired) electrons. The van der Waals surface area contributed by atoms with Crippen molar-refractivity contribution in [2.45, 2.75) is 106 Å². The molecule has 0 aromatic carbocycles. The van der Waals surface area contributed by atoms with Gasteiger partial charge in [-0.3, -0.25) is 19.2 Å². The van der Waals surface area contributed by atoms with Crippen LogP contribution in [-0.4, -0.2) is 48.3 Å². The van der Waals surface area contributed by atoms with Gasteiger partial charge in [-0.1, -0.05) is 0 Å². The lowest BCUT2D eigenvalue weighted by atomic mass is 9.85. The predicted molar refractivity (Wildman–Crippen MR) is 118 cm³/mol. The third-order valence-electron chi connectivity index (χ3n) is 4.18. The second-order valence-electron chi connectivity index (χ2n) is 9.19. The van der Waals surface area contributed by atoms with Gasteiger partial charge >= 0.3 is 23.9 Å². The van der Waals surface area contributed by atoms with Crippen molar-refractivity contribution in [3.8, 4) is 11.8 Å². The number of hydrogen-bond acceptors (Lipinski definition) is 8. The van der Waals surface area contributed by atoms with Gasteiger partial charge in [0, 0.05) is 12.8 Å². The quantitative estimate of drug-likeness (QED) is 0.213. The lowest BCUT2D eigenvalue weighted by Crippen LogP contribution is -2.41. The maximum atomic E-state index is 12.6. The smallest absolute Gasteiger partial charge is 0.324 e. The highest BCUT2D eigenvalue weighted by Crippen LogP contribution is 2.29. The molecule has 182 valence electrons. The Hall–Kier alpha value is -2.56. The van der Waals surface area contributed by atoms with Crippen molar-refractivity contribution in [1.29, 1.82) is 0 Å². The van der Waals surface area contributed by atoms with E-state index in [0.29, 0.717) is 0 Å². The van der Waals surface area contributed by atoms with Gasteiger partial charge in [-0.15, -0.1) is 11.8 Å². The maximum Gasteiger partial charge on any atom is 0.324 e. The SMILES string of the molecule is CC(C)OC(=O)C(C)(CC#CCC(C)(C(=O)OC(C)C)C(=O)OC(C)C)C(=O)OC(C)C. The minimum absolute atomic E-state index is 0.210. The number of rotatable bonds is 10. The van der Waals surface area contributed by atoms with E-state index in [1.807, 2.05) is 0 Å². The van der Waals surface area contributed by atoms with Gasteiger partial charge in [0.05, 0.1) is 24.4 Å². The minimum Gasteiger partial charge on any atom is -0.462 e. The van der Waals surface area contributed by atoms with Crippen LogP contribution in [-0.2, 0) is 38.1 Å². The van der Waals surface area contributed by atoms with Crippen LogP contribution in [0.2, 0.25) is 0 Å². The second kappa shape index (κ2) is 12.5. The van der Waals surface area contributed by atoms with E-state index in [4.69, 9.17) is 18.9 Å². The van der Waals surface area contributed by atoms with Crippen LogP contribution in [0.1, 0.15) is 82.1 Å². The fourth-order valence-corrected chi connectivity index (χ4v) is 2.31. The molecule has 0 saturated carbocycles. The van der Waals surface area contributed by atoms with Crippen LogP contribution in [0.15, 0.2) is 0 Å². The van der Waals surface area contributed by atoms with E-state index in [1.165, 1.54) is 13.8 Å². The number of ether oxygens (including phenoxy) is 4. The van der Waals surface area contributed by atoms with Crippen LogP contribution in [0.3, 0.4) is 0 Å². The van der Waals surface area contributed by atoms with Gasteiger partial charge in [0.15, 0.2) is 10.8 Å². The average Bonchev–Trinajstić information content (AvgIpc) is 2.62. The molecule has 0 heterocycles. The van der Waals surface area contributed by atoms with Crippen LogP contribution in [0, 0.1) is 22.7 Å². The van der Waals surface area contributed by atoms with Crippen molar-refractivity contribution in [2.75, 3.05) is 0 Å². The van der Waals surface area contributed by atoms with E-state index in [2.05, 4.69) is 11.8 Å². The topological polar surface area (TPSA) is 105 Å². The molecule has 0 aliphatic heterocycles. The third kappa shape index (κ3) is 8.89. The van der Waals surface area contributed by atoms with Gasteiger partial charge in [0.25, 0.3) is 0 Å². The monoisotopic (exact) mass is 454 g/mol. The fraction of sp³-hybridized carbons (Fsp3) is 0.750. The Bertz CT molecular complexity index is 633. The van der Waals surface area contributed by atoms with E-state index in [-0.39, 0.29) is 12.8 Å². The maximum absolute atomic E-state index is 12.6. The van der Waals surface area contributed by atoms with Crippen molar-refractivity contribution < 1.29 is 38.1 Å². The molecule has 0 spiro atoms. The summed E-state index contributed by atoms with van der Waals surface area (Å²) in [4.78, 5) is 50.4. The van der Waals surface area contributed by atoms with Gasteiger partial charge in [-0.2, -0.15) is 0 Å². The van der Waals surface area contributed by atoms with Crippen LogP contribution in [0.4, 0.5) is 0 Å². The van der Waals surface area contributed by atoms with Crippen molar-refractivity contribution in [2.24, 2.45) is 10.8 Å². The Kier molecular flexibility index (Phi) is 11.5. The molecule has 0 amide bonds. The zero-order chi connectivity index (χ0) is 25.3. The summed E-state index contributed by atoms with van der Waals surface area (Å²) in [5.74, 6) is 2.45. The summed E-state index contributed by atoms with van der Waals surface area (Å²) in [6, 6.07) is 0. The normalized spacial score (nSPS) is 11.8. The van der Waals surface area contributed by atoms with E-state index < -0.39 is 59.1 Å². The van der Waals surface area contributed by atoms with Gasteiger partial charge in [-0.25, -0.2) is 0 Å². The van der Waals surface area contributed by atoms with Crippen LogP contribution >= 0.6 is 0 Å². The summed E-state index contributed by atoms with van der Waals surface area (Å²) in [6.45, 7) is 16.2. The first-order chi connectivity index (χ1) is 14.6. The van der Waals surface area contributed by atoms with E-state index in [0.717, 1.165) is 0 Å². The Balaban J connectivity index is 5.80. The highest BCUT2D eigenvalue weighted by Gasteiger charge is 2.46. The van der Waals surface area contributed by atoms with Gasteiger partial charge in [0.2, 0.25) is 0 Å². The molecule has 0 unspecified atom stereocenters. The number of carbonyl (C=O) groups is 4.